The van der Waals surface area contributed by atoms with E-state index in [9.17, 15) is 14.0 Å². The zero-order chi connectivity index (χ0) is 21.0. The molecule has 0 spiro atoms. The fraction of sp³-hybridized carbons (Fsp3) is 0.391. The highest BCUT2D eigenvalue weighted by molar-refractivity contribution is 5.84. The molecule has 0 radical (unpaired) electrons. The van der Waals surface area contributed by atoms with Gasteiger partial charge in [0.15, 0.2) is 0 Å². The smallest absolute Gasteiger partial charge is 0.225 e. The zero-order valence-electron chi connectivity index (χ0n) is 17.0. The van der Waals surface area contributed by atoms with Gasteiger partial charge in [-0.15, -0.1) is 0 Å². The van der Waals surface area contributed by atoms with Gasteiger partial charge in [0.1, 0.15) is 11.6 Å². The van der Waals surface area contributed by atoms with Crippen molar-refractivity contribution in [3.05, 3.63) is 65.5 Å². The molecular formula is C23H27FN2O3. The highest BCUT2D eigenvalue weighted by Crippen LogP contribution is 2.34. The van der Waals surface area contributed by atoms with E-state index in [0.29, 0.717) is 19.6 Å². The molecule has 5 nitrogen and oxygen atoms in total. The van der Waals surface area contributed by atoms with Crippen LogP contribution in [0.5, 0.6) is 5.75 Å². The van der Waals surface area contributed by atoms with Crippen LogP contribution in [0.2, 0.25) is 0 Å². The van der Waals surface area contributed by atoms with Gasteiger partial charge in [0, 0.05) is 31.5 Å². The maximum Gasteiger partial charge on any atom is 0.225 e. The first kappa shape index (κ1) is 20.8. The normalized spacial score (nSPS) is 18.7. The Labute approximate surface area is 170 Å². The molecule has 1 saturated heterocycles. The lowest BCUT2D eigenvalue weighted by molar-refractivity contribution is -0.133. The van der Waals surface area contributed by atoms with E-state index >= 15 is 0 Å². The van der Waals surface area contributed by atoms with Crippen LogP contribution in [0.1, 0.15) is 30.9 Å². The second kappa shape index (κ2) is 9.07. The van der Waals surface area contributed by atoms with E-state index < -0.39 is 0 Å². The van der Waals surface area contributed by atoms with Gasteiger partial charge in [0.05, 0.1) is 13.0 Å². The highest BCUT2D eigenvalue weighted by atomic mass is 19.1. The van der Waals surface area contributed by atoms with Crippen LogP contribution in [0.15, 0.2) is 48.5 Å². The first-order chi connectivity index (χ1) is 13.9. The minimum atomic E-state index is -0.341. The number of methoxy groups -OCH3 is 1. The molecule has 1 aliphatic heterocycles. The van der Waals surface area contributed by atoms with Gasteiger partial charge in [-0.1, -0.05) is 38.1 Å². The number of nitrogens with zero attached hydrogens (tertiary/aromatic N) is 1. The van der Waals surface area contributed by atoms with Crippen molar-refractivity contribution >= 4 is 11.8 Å². The molecule has 1 aliphatic rings. The third-order valence-electron chi connectivity index (χ3n) is 5.39. The van der Waals surface area contributed by atoms with Crippen LogP contribution in [-0.2, 0) is 16.1 Å². The number of rotatable bonds is 6. The van der Waals surface area contributed by atoms with Crippen LogP contribution in [0.4, 0.5) is 4.39 Å². The van der Waals surface area contributed by atoms with Gasteiger partial charge in [-0.25, -0.2) is 4.39 Å². The van der Waals surface area contributed by atoms with Gasteiger partial charge >= 0.3 is 0 Å². The number of ether oxygens (including phenoxy) is 1. The molecule has 0 saturated carbocycles. The molecule has 2 unspecified atom stereocenters. The second-order valence-corrected chi connectivity index (χ2v) is 7.73. The molecule has 1 heterocycles. The predicted molar refractivity (Wildman–Crippen MR) is 109 cm³/mol. The molecule has 154 valence electrons. The van der Waals surface area contributed by atoms with E-state index in [-0.39, 0.29) is 35.4 Å². The number of benzene rings is 2. The molecule has 1 N–H and O–H groups in total. The van der Waals surface area contributed by atoms with Crippen molar-refractivity contribution in [2.75, 3.05) is 20.2 Å². The van der Waals surface area contributed by atoms with Crippen molar-refractivity contribution in [2.45, 2.75) is 26.3 Å². The minimum absolute atomic E-state index is 0.0531. The molecule has 3 rings (SSSR count). The molecule has 2 aromatic rings. The SMILES string of the molecule is COc1ccc(C2CN(C(=O)C(C)C)CC2C(=O)NCc2ccc(F)cc2)cc1. The van der Waals surface area contributed by atoms with Crippen molar-refractivity contribution in [2.24, 2.45) is 11.8 Å². The van der Waals surface area contributed by atoms with E-state index in [4.69, 9.17) is 4.74 Å². The van der Waals surface area contributed by atoms with E-state index in [1.54, 1.807) is 24.1 Å². The monoisotopic (exact) mass is 398 g/mol. The molecular weight excluding hydrogens is 371 g/mol. The number of nitrogens with one attached hydrogen (secondary N) is 1. The first-order valence-electron chi connectivity index (χ1n) is 9.84. The number of hydrogen-bond donors (Lipinski definition) is 1. The molecule has 2 atom stereocenters. The Morgan fingerprint density at radius 2 is 1.76 bits per heavy atom. The van der Waals surface area contributed by atoms with Crippen LogP contribution in [-0.4, -0.2) is 36.9 Å². The Morgan fingerprint density at radius 3 is 2.34 bits per heavy atom. The Morgan fingerprint density at radius 1 is 1.10 bits per heavy atom. The summed E-state index contributed by atoms with van der Waals surface area (Å²) in [5.41, 5.74) is 1.83. The molecule has 0 bridgehead atoms. The molecule has 2 aromatic carbocycles. The average Bonchev–Trinajstić information content (AvgIpc) is 3.18. The summed E-state index contributed by atoms with van der Waals surface area (Å²) < 4.78 is 18.3. The number of carbonyl (C=O) groups is 2. The minimum Gasteiger partial charge on any atom is -0.497 e. The van der Waals surface area contributed by atoms with E-state index in [1.165, 1.54) is 12.1 Å². The Bertz CT molecular complexity index is 849. The predicted octanol–water partition coefficient (Wildman–Crippen LogP) is 3.35. The van der Waals surface area contributed by atoms with Crippen LogP contribution >= 0.6 is 0 Å². The van der Waals surface area contributed by atoms with Gasteiger partial charge in [0.25, 0.3) is 0 Å². The lowest BCUT2D eigenvalue weighted by Crippen LogP contribution is -2.36. The van der Waals surface area contributed by atoms with Crippen LogP contribution in [0.25, 0.3) is 0 Å². The quantitative estimate of drug-likeness (QED) is 0.812. The number of hydrogen-bond acceptors (Lipinski definition) is 3. The van der Waals surface area contributed by atoms with Crippen LogP contribution in [0.3, 0.4) is 0 Å². The molecule has 6 heteroatoms. The van der Waals surface area contributed by atoms with E-state index in [1.807, 2.05) is 38.1 Å². The fourth-order valence-corrected chi connectivity index (χ4v) is 3.73. The van der Waals surface area contributed by atoms with Crippen molar-refractivity contribution in [3.63, 3.8) is 0 Å². The molecule has 29 heavy (non-hydrogen) atoms. The Kier molecular flexibility index (Phi) is 6.52. The Balaban J connectivity index is 1.76. The number of carbonyl (C=O) groups excluding carboxylic acids is 2. The first-order valence-corrected chi connectivity index (χ1v) is 9.84. The summed E-state index contributed by atoms with van der Waals surface area (Å²) in [7, 11) is 1.61. The largest absolute Gasteiger partial charge is 0.497 e. The summed E-state index contributed by atoms with van der Waals surface area (Å²) in [6.45, 7) is 4.96. The maximum absolute atomic E-state index is 13.1. The standard InChI is InChI=1S/C23H27FN2O3/c1-15(2)23(28)26-13-20(17-6-10-19(29-3)11-7-17)21(14-26)22(27)25-12-16-4-8-18(24)9-5-16/h4-11,15,20-21H,12-14H2,1-3H3,(H,25,27). The lowest BCUT2D eigenvalue weighted by Gasteiger charge is -2.18. The van der Waals surface area contributed by atoms with Crippen molar-refractivity contribution in [3.8, 4) is 5.75 Å². The summed E-state index contributed by atoms with van der Waals surface area (Å²) in [4.78, 5) is 27.3. The highest BCUT2D eigenvalue weighted by Gasteiger charge is 2.40. The summed E-state index contributed by atoms with van der Waals surface area (Å²) in [5.74, 6) is -0.153. The average molecular weight is 398 g/mol. The van der Waals surface area contributed by atoms with Gasteiger partial charge in [-0.3, -0.25) is 9.59 Å². The summed E-state index contributed by atoms with van der Waals surface area (Å²) in [5, 5.41) is 2.95. The number of amides is 2. The molecule has 1 fully saturated rings. The summed E-state index contributed by atoms with van der Waals surface area (Å²) >= 11 is 0. The number of likely N-dealkylation sites (tertiary alicyclic amines) is 1. The third kappa shape index (κ3) is 4.94. The number of halogens is 1. The van der Waals surface area contributed by atoms with Gasteiger partial charge in [-0.05, 0) is 35.4 Å². The molecule has 0 aliphatic carbocycles. The summed E-state index contributed by atoms with van der Waals surface area (Å²) in [6, 6.07) is 13.7. The zero-order valence-corrected chi connectivity index (χ0v) is 17.0. The fourth-order valence-electron chi connectivity index (χ4n) is 3.73. The third-order valence-corrected chi connectivity index (χ3v) is 5.39. The Hall–Kier alpha value is -2.89. The molecule has 2 amide bonds. The van der Waals surface area contributed by atoms with Crippen LogP contribution in [0, 0.1) is 17.7 Å². The van der Waals surface area contributed by atoms with Crippen molar-refractivity contribution in [1.29, 1.82) is 0 Å². The molecule has 0 aromatic heterocycles. The van der Waals surface area contributed by atoms with Crippen molar-refractivity contribution < 1.29 is 18.7 Å². The van der Waals surface area contributed by atoms with Crippen molar-refractivity contribution in [1.82, 2.24) is 10.2 Å². The topological polar surface area (TPSA) is 58.6 Å². The van der Waals surface area contributed by atoms with Gasteiger partial charge < -0.3 is 15.0 Å². The van der Waals surface area contributed by atoms with Gasteiger partial charge in [0.2, 0.25) is 11.8 Å². The summed E-state index contributed by atoms with van der Waals surface area (Å²) in [6.07, 6.45) is 0. The lowest BCUT2D eigenvalue weighted by atomic mass is 9.88. The van der Waals surface area contributed by atoms with E-state index in [2.05, 4.69) is 5.32 Å². The maximum atomic E-state index is 13.1. The van der Waals surface area contributed by atoms with Crippen LogP contribution < -0.4 is 10.1 Å². The second-order valence-electron chi connectivity index (χ2n) is 7.73. The van der Waals surface area contributed by atoms with E-state index in [0.717, 1.165) is 16.9 Å². The van der Waals surface area contributed by atoms with Gasteiger partial charge in [-0.2, -0.15) is 0 Å².